The van der Waals surface area contributed by atoms with Crippen molar-refractivity contribution in [2.45, 2.75) is 16.4 Å². The molecule has 3 aromatic rings. The molecule has 0 N–H and O–H groups in total. The fourth-order valence-electron chi connectivity index (χ4n) is 1.51. The van der Waals surface area contributed by atoms with Crippen LogP contribution in [0.5, 0.6) is 11.6 Å². The van der Waals surface area contributed by atoms with Crippen molar-refractivity contribution < 1.29 is 9.13 Å². The Labute approximate surface area is 129 Å². The van der Waals surface area contributed by atoms with Crippen LogP contribution in [0.25, 0.3) is 0 Å². The molecule has 1 aromatic carbocycles. The first-order valence-corrected chi connectivity index (χ1v) is 7.75. The second-order valence-corrected chi connectivity index (χ2v) is 6.16. The Morgan fingerprint density at radius 3 is 2.67 bits per heavy atom. The van der Waals surface area contributed by atoms with E-state index in [9.17, 15) is 4.39 Å². The molecule has 2 heterocycles. The minimum Gasteiger partial charge on any atom is -0.439 e. The Morgan fingerprint density at radius 1 is 1.14 bits per heavy atom. The van der Waals surface area contributed by atoms with Crippen LogP contribution in [-0.2, 0) is 0 Å². The highest BCUT2D eigenvalue weighted by molar-refractivity contribution is 8.00. The zero-order valence-electron chi connectivity index (χ0n) is 11.0. The van der Waals surface area contributed by atoms with Gasteiger partial charge in [-0.3, -0.25) is 0 Å². The fraction of sp³-hybridized carbons (Fsp3) is 0.0714. The molecule has 0 spiro atoms. The first-order valence-electron chi connectivity index (χ1n) is 6.05. The zero-order valence-corrected chi connectivity index (χ0v) is 12.6. The molecule has 0 saturated carbocycles. The van der Waals surface area contributed by atoms with E-state index in [0.717, 1.165) is 10.0 Å². The van der Waals surface area contributed by atoms with E-state index >= 15 is 0 Å². The molecule has 0 bridgehead atoms. The number of hydrogen-bond donors (Lipinski definition) is 0. The summed E-state index contributed by atoms with van der Waals surface area (Å²) in [5, 5.41) is 2.53. The molecule has 0 amide bonds. The number of rotatable bonds is 4. The topological polar surface area (TPSA) is 47.9 Å². The summed E-state index contributed by atoms with van der Waals surface area (Å²) in [4.78, 5) is 12.8. The Bertz CT molecular complexity index is 746. The van der Waals surface area contributed by atoms with Crippen LogP contribution in [0.2, 0.25) is 0 Å². The van der Waals surface area contributed by atoms with Gasteiger partial charge in [0.1, 0.15) is 11.6 Å². The smallest absolute Gasteiger partial charge is 0.223 e. The van der Waals surface area contributed by atoms with Crippen LogP contribution in [0, 0.1) is 12.7 Å². The third-order valence-electron chi connectivity index (χ3n) is 2.42. The van der Waals surface area contributed by atoms with E-state index in [-0.39, 0.29) is 5.82 Å². The number of hydrogen-bond acceptors (Lipinski definition) is 6. The van der Waals surface area contributed by atoms with Crippen molar-refractivity contribution in [2.75, 3.05) is 0 Å². The Balaban J connectivity index is 1.75. The standard InChI is InChI=1S/C14H10FN3OS2/c1-9-8-20-14(17-9)21-13-16-7-6-12(18-13)19-11-4-2-10(15)3-5-11/h2-8H,1H3. The van der Waals surface area contributed by atoms with Gasteiger partial charge in [-0.05, 0) is 43.0 Å². The lowest BCUT2D eigenvalue weighted by Crippen LogP contribution is -1.91. The first-order chi connectivity index (χ1) is 10.2. The molecule has 0 unspecified atom stereocenters. The highest BCUT2D eigenvalue weighted by Crippen LogP contribution is 2.29. The van der Waals surface area contributed by atoms with E-state index in [4.69, 9.17) is 4.74 Å². The molecule has 0 fully saturated rings. The summed E-state index contributed by atoms with van der Waals surface area (Å²) in [6, 6.07) is 7.43. The van der Waals surface area contributed by atoms with Crippen molar-refractivity contribution in [2.24, 2.45) is 0 Å². The first kappa shape index (κ1) is 14.0. The van der Waals surface area contributed by atoms with Gasteiger partial charge >= 0.3 is 0 Å². The van der Waals surface area contributed by atoms with Gasteiger partial charge in [0.25, 0.3) is 0 Å². The summed E-state index contributed by atoms with van der Waals surface area (Å²) in [7, 11) is 0. The maximum atomic E-state index is 12.8. The molecular formula is C14H10FN3OS2. The van der Waals surface area contributed by atoms with Crippen molar-refractivity contribution in [1.82, 2.24) is 15.0 Å². The van der Waals surface area contributed by atoms with E-state index in [0.29, 0.717) is 16.8 Å². The van der Waals surface area contributed by atoms with Crippen LogP contribution in [0.1, 0.15) is 5.69 Å². The molecule has 0 saturated heterocycles. The highest BCUT2D eigenvalue weighted by Gasteiger charge is 2.07. The van der Waals surface area contributed by atoms with Crippen LogP contribution in [-0.4, -0.2) is 15.0 Å². The van der Waals surface area contributed by atoms with Crippen LogP contribution >= 0.6 is 23.1 Å². The third-order valence-corrected chi connectivity index (χ3v) is 4.36. The van der Waals surface area contributed by atoms with Crippen molar-refractivity contribution in [1.29, 1.82) is 0 Å². The number of nitrogens with zero attached hydrogens (tertiary/aromatic N) is 3. The summed E-state index contributed by atoms with van der Waals surface area (Å²) < 4.78 is 19.3. The average molecular weight is 319 g/mol. The van der Waals surface area contributed by atoms with Gasteiger partial charge in [0.15, 0.2) is 9.50 Å². The van der Waals surface area contributed by atoms with Crippen molar-refractivity contribution >= 4 is 23.1 Å². The number of benzene rings is 1. The number of aromatic nitrogens is 3. The molecule has 106 valence electrons. The van der Waals surface area contributed by atoms with Crippen molar-refractivity contribution in [3.63, 3.8) is 0 Å². The second-order valence-electron chi connectivity index (χ2n) is 4.09. The molecule has 0 aliphatic carbocycles. The van der Waals surface area contributed by atoms with Gasteiger partial charge in [0.05, 0.1) is 0 Å². The lowest BCUT2D eigenvalue weighted by Gasteiger charge is -2.05. The summed E-state index contributed by atoms with van der Waals surface area (Å²) in [5.74, 6) is 0.629. The van der Waals surface area contributed by atoms with Gasteiger partial charge in [0, 0.05) is 23.3 Å². The molecule has 0 aliphatic heterocycles. The van der Waals surface area contributed by atoms with E-state index in [1.54, 1.807) is 35.7 Å². The number of halogens is 1. The Morgan fingerprint density at radius 2 is 1.95 bits per heavy atom. The summed E-state index contributed by atoms with van der Waals surface area (Å²) in [6.45, 7) is 1.94. The number of aryl methyl sites for hydroxylation is 1. The maximum Gasteiger partial charge on any atom is 0.223 e. The second kappa shape index (κ2) is 6.19. The molecule has 3 rings (SSSR count). The number of ether oxygens (including phenoxy) is 1. The van der Waals surface area contributed by atoms with Crippen LogP contribution in [0.15, 0.2) is 51.4 Å². The minimum atomic E-state index is -0.305. The largest absolute Gasteiger partial charge is 0.439 e. The Kier molecular flexibility index (Phi) is 4.12. The van der Waals surface area contributed by atoms with Crippen LogP contribution < -0.4 is 4.74 Å². The normalized spacial score (nSPS) is 10.6. The maximum absolute atomic E-state index is 12.8. The monoisotopic (exact) mass is 319 g/mol. The molecule has 0 atom stereocenters. The van der Waals surface area contributed by atoms with E-state index in [1.807, 2.05) is 12.3 Å². The number of thiazole rings is 1. The SMILES string of the molecule is Cc1csc(Sc2nccc(Oc3ccc(F)cc3)n2)n1. The molecule has 0 radical (unpaired) electrons. The molecular weight excluding hydrogens is 309 g/mol. The third kappa shape index (κ3) is 3.77. The van der Waals surface area contributed by atoms with E-state index in [2.05, 4.69) is 15.0 Å². The van der Waals surface area contributed by atoms with E-state index < -0.39 is 0 Å². The van der Waals surface area contributed by atoms with Crippen molar-refractivity contribution in [3.05, 3.63) is 53.4 Å². The van der Waals surface area contributed by atoms with Crippen molar-refractivity contribution in [3.8, 4) is 11.6 Å². The van der Waals surface area contributed by atoms with Gasteiger partial charge in [-0.25, -0.2) is 14.4 Å². The lowest BCUT2D eigenvalue weighted by atomic mass is 10.3. The minimum absolute atomic E-state index is 0.305. The van der Waals surface area contributed by atoms with Gasteiger partial charge < -0.3 is 4.74 Å². The summed E-state index contributed by atoms with van der Waals surface area (Å²) >= 11 is 2.93. The predicted octanol–water partition coefficient (Wildman–Crippen LogP) is 4.32. The lowest BCUT2D eigenvalue weighted by molar-refractivity contribution is 0.454. The van der Waals surface area contributed by atoms with Gasteiger partial charge in [-0.2, -0.15) is 4.98 Å². The predicted molar refractivity (Wildman–Crippen MR) is 79.5 cm³/mol. The van der Waals surface area contributed by atoms with Crippen LogP contribution in [0.3, 0.4) is 0 Å². The molecule has 4 nitrogen and oxygen atoms in total. The quantitative estimate of drug-likeness (QED) is 0.670. The van der Waals surface area contributed by atoms with Gasteiger partial charge in [-0.15, -0.1) is 11.3 Å². The summed E-state index contributed by atoms with van der Waals surface area (Å²) in [5.41, 5.74) is 0.973. The van der Waals surface area contributed by atoms with E-state index in [1.165, 1.54) is 23.9 Å². The van der Waals surface area contributed by atoms with Gasteiger partial charge in [-0.1, -0.05) is 0 Å². The van der Waals surface area contributed by atoms with Gasteiger partial charge in [0.2, 0.25) is 5.88 Å². The summed E-state index contributed by atoms with van der Waals surface area (Å²) in [6.07, 6.45) is 1.62. The fourth-order valence-corrected chi connectivity index (χ4v) is 3.19. The molecule has 7 heteroatoms. The average Bonchev–Trinajstić information content (AvgIpc) is 2.87. The molecule has 2 aromatic heterocycles. The zero-order chi connectivity index (χ0) is 14.7. The highest BCUT2D eigenvalue weighted by atomic mass is 32.2. The van der Waals surface area contributed by atoms with Crippen LogP contribution in [0.4, 0.5) is 4.39 Å². The Hall–Kier alpha value is -1.99. The molecule has 0 aliphatic rings. The molecule has 21 heavy (non-hydrogen) atoms.